The Labute approximate surface area is 151 Å². The Balaban J connectivity index is 1.89. The lowest BCUT2D eigenvalue weighted by Crippen LogP contribution is -2.20. The maximum absolute atomic E-state index is 13.2. The van der Waals surface area contributed by atoms with Crippen molar-refractivity contribution in [3.05, 3.63) is 46.3 Å². The van der Waals surface area contributed by atoms with E-state index in [1.54, 1.807) is 0 Å². The number of benzene rings is 1. The molecule has 0 aliphatic carbocycles. The Kier molecular flexibility index (Phi) is 5.40. The van der Waals surface area contributed by atoms with E-state index in [0.29, 0.717) is 13.2 Å². The smallest absolute Gasteiger partial charge is 0.376 e. The van der Waals surface area contributed by atoms with Crippen molar-refractivity contribution in [3.63, 3.8) is 0 Å². The molecule has 1 fully saturated rings. The highest BCUT2D eigenvalue weighted by Crippen LogP contribution is 2.38. The molecule has 8 nitrogen and oxygen atoms in total. The van der Waals surface area contributed by atoms with Crippen LogP contribution in [0.3, 0.4) is 0 Å². The van der Waals surface area contributed by atoms with Crippen molar-refractivity contribution >= 4 is 23.0 Å². The van der Waals surface area contributed by atoms with Crippen LogP contribution in [0.15, 0.2) is 30.6 Å². The molecule has 0 amide bonds. The molecule has 27 heavy (non-hydrogen) atoms. The molecule has 0 spiro atoms. The first-order chi connectivity index (χ1) is 12.9. The topological polar surface area (TPSA) is 102 Å². The van der Waals surface area contributed by atoms with Gasteiger partial charge in [-0.25, -0.2) is 9.97 Å². The summed E-state index contributed by atoms with van der Waals surface area (Å²) < 4.78 is 44.9. The van der Waals surface area contributed by atoms with Crippen LogP contribution in [0.1, 0.15) is 18.4 Å². The van der Waals surface area contributed by atoms with Gasteiger partial charge in [0.1, 0.15) is 6.33 Å². The molecule has 1 aromatic heterocycles. The molecule has 0 radical (unpaired) electrons. The second-order valence-electron chi connectivity index (χ2n) is 5.86. The second kappa shape index (κ2) is 7.74. The van der Waals surface area contributed by atoms with Crippen LogP contribution in [0.5, 0.6) is 0 Å². The first kappa shape index (κ1) is 18.8. The quantitative estimate of drug-likeness (QED) is 0.579. The molecule has 0 bridgehead atoms. The van der Waals surface area contributed by atoms with E-state index in [2.05, 4.69) is 20.6 Å². The summed E-state index contributed by atoms with van der Waals surface area (Å²) in [5.74, 6) is -0.418. The van der Waals surface area contributed by atoms with Gasteiger partial charge in [-0.05, 0) is 25.0 Å². The summed E-state index contributed by atoms with van der Waals surface area (Å²) in [5.41, 5.74) is -1.82. The number of nitrogens with zero attached hydrogens (tertiary/aromatic N) is 3. The van der Waals surface area contributed by atoms with Crippen molar-refractivity contribution in [1.29, 1.82) is 0 Å². The van der Waals surface area contributed by atoms with E-state index in [0.717, 1.165) is 25.2 Å². The van der Waals surface area contributed by atoms with Gasteiger partial charge in [0.25, 0.3) is 0 Å². The summed E-state index contributed by atoms with van der Waals surface area (Å²) >= 11 is 0. The van der Waals surface area contributed by atoms with Gasteiger partial charge in [0.05, 0.1) is 22.3 Å². The third-order valence-corrected chi connectivity index (χ3v) is 4.01. The maximum atomic E-state index is 13.2. The molecule has 1 atom stereocenters. The number of para-hydroxylation sites is 1. The Morgan fingerprint density at radius 2 is 2.00 bits per heavy atom. The lowest BCUT2D eigenvalue weighted by molar-refractivity contribution is -0.383. The third-order valence-electron chi connectivity index (χ3n) is 4.01. The summed E-state index contributed by atoms with van der Waals surface area (Å²) in [6, 6.07) is 4.68. The summed E-state index contributed by atoms with van der Waals surface area (Å²) in [6.07, 6.45) is -1.95. The van der Waals surface area contributed by atoms with Crippen LogP contribution < -0.4 is 10.6 Å². The molecule has 1 aliphatic heterocycles. The average molecular weight is 383 g/mol. The second-order valence-corrected chi connectivity index (χ2v) is 5.86. The predicted molar refractivity (Wildman–Crippen MR) is 90.9 cm³/mol. The molecular weight excluding hydrogens is 367 g/mol. The summed E-state index contributed by atoms with van der Waals surface area (Å²) in [6.45, 7) is 0.926. The minimum absolute atomic E-state index is 0.0857. The summed E-state index contributed by atoms with van der Waals surface area (Å²) in [5, 5.41) is 16.7. The molecule has 1 aromatic carbocycles. The molecule has 3 rings (SSSR count). The minimum Gasteiger partial charge on any atom is -0.376 e. The van der Waals surface area contributed by atoms with Gasteiger partial charge < -0.3 is 15.4 Å². The molecule has 11 heteroatoms. The van der Waals surface area contributed by atoms with Gasteiger partial charge in [0.2, 0.25) is 11.6 Å². The van der Waals surface area contributed by atoms with E-state index in [1.165, 1.54) is 18.2 Å². The van der Waals surface area contributed by atoms with E-state index >= 15 is 0 Å². The molecule has 2 heterocycles. The van der Waals surface area contributed by atoms with Crippen molar-refractivity contribution in [3.8, 4) is 0 Å². The van der Waals surface area contributed by atoms with Crippen molar-refractivity contribution < 1.29 is 22.8 Å². The number of halogens is 3. The minimum atomic E-state index is -4.62. The van der Waals surface area contributed by atoms with Gasteiger partial charge in [-0.15, -0.1) is 0 Å². The largest absolute Gasteiger partial charge is 0.418 e. The Morgan fingerprint density at radius 3 is 2.67 bits per heavy atom. The fourth-order valence-corrected chi connectivity index (χ4v) is 2.76. The number of rotatable bonds is 6. The van der Waals surface area contributed by atoms with Crippen LogP contribution in [0.4, 0.5) is 36.2 Å². The van der Waals surface area contributed by atoms with Crippen LogP contribution in [0.25, 0.3) is 0 Å². The molecule has 144 valence electrons. The van der Waals surface area contributed by atoms with Crippen LogP contribution in [0.2, 0.25) is 0 Å². The van der Waals surface area contributed by atoms with Gasteiger partial charge >= 0.3 is 11.9 Å². The molecular formula is C16H16F3N5O3. The number of nitro groups is 1. The van der Waals surface area contributed by atoms with Crippen molar-refractivity contribution in [2.45, 2.75) is 25.1 Å². The van der Waals surface area contributed by atoms with Crippen molar-refractivity contribution in [2.24, 2.45) is 0 Å². The zero-order valence-corrected chi connectivity index (χ0v) is 14.0. The lowest BCUT2D eigenvalue weighted by atomic mass is 10.1. The fourth-order valence-electron chi connectivity index (χ4n) is 2.76. The summed E-state index contributed by atoms with van der Waals surface area (Å²) in [4.78, 5) is 18.4. The van der Waals surface area contributed by atoms with Gasteiger partial charge in [-0.3, -0.25) is 10.1 Å². The highest BCUT2D eigenvalue weighted by Gasteiger charge is 2.34. The van der Waals surface area contributed by atoms with Crippen LogP contribution in [-0.2, 0) is 10.9 Å². The monoisotopic (exact) mass is 383 g/mol. The van der Waals surface area contributed by atoms with Gasteiger partial charge in [0, 0.05) is 13.2 Å². The van der Waals surface area contributed by atoms with E-state index in [4.69, 9.17) is 4.74 Å². The van der Waals surface area contributed by atoms with Gasteiger partial charge in [-0.1, -0.05) is 12.1 Å². The van der Waals surface area contributed by atoms with Crippen LogP contribution in [0, 0.1) is 10.1 Å². The number of ether oxygens (including phenoxy) is 1. The first-order valence-corrected chi connectivity index (χ1v) is 8.14. The number of hydrogen-bond acceptors (Lipinski definition) is 7. The number of alkyl halides is 3. The Morgan fingerprint density at radius 1 is 1.26 bits per heavy atom. The zero-order valence-electron chi connectivity index (χ0n) is 14.0. The van der Waals surface area contributed by atoms with Gasteiger partial charge in [-0.2, -0.15) is 13.2 Å². The Bertz CT molecular complexity index is 825. The molecule has 2 N–H and O–H groups in total. The van der Waals surface area contributed by atoms with Gasteiger partial charge in [0.15, 0.2) is 0 Å². The highest BCUT2D eigenvalue weighted by atomic mass is 19.4. The normalized spacial score (nSPS) is 16.9. The van der Waals surface area contributed by atoms with Crippen LogP contribution in [-0.4, -0.2) is 34.1 Å². The van der Waals surface area contributed by atoms with E-state index in [1.807, 2.05) is 0 Å². The number of hydrogen-bond donors (Lipinski definition) is 2. The average Bonchev–Trinajstić information content (AvgIpc) is 3.13. The fraction of sp³-hybridized carbons (Fsp3) is 0.375. The predicted octanol–water partition coefficient (Wildman–Crippen LogP) is 3.74. The zero-order chi connectivity index (χ0) is 19.4. The lowest BCUT2D eigenvalue weighted by Gasteiger charge is -2.15. The van der Waals surface area contributed by atoms with Crippen molar-refractivity contribution in [1.82, 2.24) is 9.97 Å². The number of anilines is 3. The molecule has 1 saturated heterocycles. The molecule has 0 saturated carbocycles. The maximum Gasteiger partial charge on any atom is 0.418 e. The van der Waals surface area contributed by atoms with E-state index < -0.39 is 22.4 Å². The molecule has 1 unspecified atom stereocenters. The summed E-state index contributed by atoms with van der Waals surface area (Å²) in [7, 11) is 0. The first-order valence-electron chi connectivity index (χ1n) is 8.14. The standard InChI is InChI=1S/C16H16F3N5O3/c17-16(18,19)11-5-1-2-6-12(11)23-15-13(24(25)26)14(21-9-22-15)20-8-10-4-3-7-27-10/h1-2,5-6,9-10H,3-4,7-8H2,(H2,20,21,22,23). The van der Waals surface area contributed by atoms with Crippen molar-refractivity contribution in [2.75, 3.05) is 23.8 Å². The van der Waals surface area contributed by atoms with E-state index in [9.17, 15) is 23.3 Å². The number of aromatic nitrogens is 2. The Hall–Kier alpha value is -2.95. The number of nitrogens with one attached hydrogen (secondary N) is 2. The third kappa shape index (κ3) is 4.42. The molecule has 1 aliphatic rings. The van der Waals surface area contributed by atoms with E-state index in [-0.39, 0.29) is 23.4 Å². The molecule has 2 aromatic rings. The highest BCUT2D eigenvalue weighted by molar-refractivity contribution is 5.75. The SMILES string of the molecule is O=[N+]([O-])c1c(NCC2CCCO2)ncnc1Nc1ccccc1C(F)(F)F. The van der Waals surface area contributed by atoms with Crippen LogP contribution >= 0.6 is 0 Å².